The van der Waals surface area contributed by atoms with E-state index in [-0.39, 0.29) is 11.3 Å². The quantitative estimate of drug-likeness (QED) is 0.829. The van der Waals surface area contributed by atoms with Crippen LogP contribution in [0, 0.1) is 0 Å². The van der Waals surface area contributed by atoms with Gasteiger partial charge in [0.15, 0.2) is 11.5 Å². The molecule has 0 aliphatic carbocycles. The second kappa shape index (κ2) is 6.58. The molecule has 5 nitrogen and oxygen atoms in total. The van der Waals surface area contributed by atoms with Crippen LogP contribution in [0.2, 0.25) is 0 Å². The van der Waals surface area contributed by atoms with Crippen molar-refractivity contribution in [2.75, 3.05) is 13.2 Å². The molecule has 0 atom stereocenters. The van der Waals surface area contributed by atoms with Crippen LogP contribution in [0.1, 0.15) is 37.5 Å². The van der Waals surface area contributed by atoms with Crippen LogP contribution in [0.25, 0.3) is 6.08 Å². The lowest BCUT2D eigenvalue weighted by Gasteiger charge is -2.19. The van der Waals surface area contributed by atoms with Gasteiger partial charge in [-0.15, -0.1) is 0 Å². The van der Waals surface area contributed by atoms with Gasteiger partial charge in [0.2, 0.25) is 0 Å². The molecule has 0 unspecified atom stereocenters. The summed E-state index contributed by atoms with van der Waals surface area (Å²) in [6.07, 6.45) is 1.75. The topological polar surface area (TPSA) is 59.9 Å². The van der Waals surface area contributed by atoms with E-state index < -0.39 is 0 Å². The van der Waals surface area contributed by atoms with Gasteiger partial charge in [-0.1, -0.05) is 51.1 Å². The number of nitrogens with one attached hydrogen (secondary N) is 1. The number of nitrogens with zero attached hydrogens (tertiary/aromatic N) is 1. The average molecular weight is 362 g/mol. The molecule has 2 aliphatic heterocycles. The van der Waals surface area contributed by atoms with Crippen LogP contribution in [0.4, 0.5) is 0 Å². The molecule has 5 heteroatoms. The molecule has 0 aromatic heterocycles. The van der Waals surface area contributed by atoms with E-state index in [4.69, 9.17) is 9.47 Å². The number of aliphatic imine (C=N–C) groups is 1. The molecule has 0 spiro atoms. The van der Waals surface area contributed by atoms with Crippen molar-refractivity contribution in [2.24, 2.45) is 4.99 Å². The summed E-state index contributed by atoms with van der Waals surface area (Å²) in [7, 11) is 0. The summed E-state index contributed by atoms with van der Waals surface area (Å²) in [5.41, 5.74) is 3.44. The van der Waals surface area contributed by atoms with Gasteiger partial charge in [0.1, 0.15) is 24.7 Å². The van der Waals surface area contributed by atoms with Gasteiger partial charge in [-0.05, 0) is 34.8 Å². The number of carbonyl (C=O) groups is 1. The summed E-state index contributed by atoms with van der Waals surface area (Å²) >= 11 is 0. The molecular weight excluding hydrogens is 340 g/mol. The minimum atomic E-state index is -0.209. The van der Waals surface area contributed by atoms with Gasteiger partial charge in [0.05, 0.1) is 0 Å². The minimum absolute atomic E-state index is 0.0859. The van der Waals surface area contributed by atoms with Crippen LogP contribution < -0.4 is 14.8 Å². The van der Waals surface area contributed by atoms with Gasteiger partial charge in [0, 0.05) is 5.56 Å². The molecule has 2 aliphatic rings. The Morgan fingerprint density at radius 1 is 1.00 bits per heavy atom. The summed E-state index contributed by atoms with van der Waals surface area (Å²) in [5.74, 6) is 1.78. The highest BCUT2D eigenvalue weighted by Crippen LogP contribution is 2.31. The molecule has 0 bridgehead atoms. The number of benzene rings is 2. The Kier molecular flexibility index (Phi) is 4.22. The van der Waals surface area contributed by atoms with Crippen molar-refractivity contribution in [1.29, 1.82) is 0 Å². The molecule has 2 aromatic carbocycles. The standard InChI is InChI=1S/C22H22N2O3/c1-22(2,3)16-7-5-15(6-8-16)20-23-17(21(25)24-20)12-14-4-9-18-19(13-14)27-11-10-26-18/h4-9,12-13H,10-11H2,1-3H3,(H,23,24,25)/b17-12+. The molecule has 2 heterocycles. The third-order valence-corrected chi connectivity index (χ3v) is 4.59. The summed E-state index contributed by atoms with van der Waals surface area (Å²) in [4.78, 5) is 16.8. The van der Waals surface area contributed by atoms with E-state index in [1.807, 2.05) is 30.3 Å². The van der Waals surface area contributed by atoms with Gasteiger partial charge in [0.25, 0.3) is 5.91 Å². The van der Waals surface area contributed by atoms with Crippen LogP contribution >= 0.6 is 0 Å². The lowest BCUT2D eigenvalue weighted by Crippen LogP contribution is -2.24. The van der Waals surface area contributed by atoms with Crippen molar-refractivity contribution >= 4 is 17.8 Å². The van der Waals surface area contributed by atoms with Crippen LogP contribution in [0.15, 0.2) is 53.2 Å². The number of carbonyl (C=O) groups excluding carboxylic acids is 1. The number of hydrogen-bond donors (Lipinski definition) is 1. The van der Waals surface area contributed by atoms with Crippen LogP contribution in [0.3, 0.4) is 0 Å². The first kappa shape index (κ1) is 17.3. The molecule has 2 aromatic rings. The third-order valence-electron chi connectivity index (χ3n) is 4.59. The van der Waals surface area contributed by atoms with Gasteiger partial charge in [-0.2, -0.15) is 0 Å². The Balaban J connectivity index is 1.60. The van der Waals surface area contributed by atoms with E-state index in [1.165, 1.54) is 5.56 Å². The summed E-state index contributed by atoms with van der Waals surface area (Å²) in [5, 5.41) is 2.85. The third kappa shape index (κ3) is 3.58. The van der Waals surface area contributed by atoms with E-state index in [1.54, 1.807) is 6.08 Å². The first-order valence-electron chi connectivity index (χ1n) is 9.02. The monoisotopic (exact) mass is 362 g/mol. The lowest BCUT2D eigenvalue weighted by molar-refractivity contribution is -0.115. The number of hydrogen-bond acceptors (Lipinski definition) is 4. The first-order chi connectivity index (χ1) is 12.9. The van der Waals surface area contributed by atoms with Crippen molar-refractivity contribution in [1.82, 2.24) is 5.32 Å². The normalized spacial score (nSPS) is 17.7. The molecular formula is C22H22N2O3. The Bertz CT molecular complexity index is 951. The lowest BCUT2D eigenvalue weighted by atomic mass is 9.86. The highest BCUT2D eigenvalue weighted by molar-refractivity contribution is 6.19. The van der Waals surface area contributed by atoms with Crippen LogP contribution in [0.5, 0.6) is 11.5 Å². The summed E-state index contributed by atoms with van der Waals surface area (Å²) in [6, 6.07) is 13.7. The molecule has 4 rings (SSSR count). The van der Waals surface area contributed by atoms with Crippen LogP contribution in [-0.2, 0) is 10.2 Å². The molecule has 138 valence electrons. The zero-order valence-corrected chi connectivity index (χ0v) is 15.7. The Hall–Kier alpha value is -3.08. The maximum Gasteiger partial charge on any atom is 0.275 e. The molecule has 0 radical (unpaired) electrons. The zero-order valence-electron chi connectivity index (χ0n) is 15.7. The van der Waals surface area contributed by atoms with E-state index >= 15 is 0 Å². The van der Waals surface area contributed by atoms with E-state index in [9.17, 15) is 4.79 Å². The Labute approximate surface area is 158 Å². The fourth-order valence-corrected chi connectivity index (χ4v) is 3.04. The first-order valence-corrected chi connectivity index (χ1v) is 9.02. The molecule has 1 N–H and O–H groups in total. The maximum atomic E-state index is 12.3. The fourth-order valence-electron chi connectivity index (χ4n) is 3.04. The van der Waals surface area contributed by atoms with Gasteiger partial charge in [-0.3, -0.25) is 4.79 Å². The highest BCUT2D eigenvalue weighted by Gasteiger charge is 2.22. The fraction of sp³-hybridized carbons (Fsp3) is 0.273. The van der Waals surface area contributed by atoms with E-state index in [0.29, 0.717) is 30.5 Å². The SMILES string of the molecule is CC(C)(C)c1ccc(C2=N/C(=C/c3ccc4c(c3)OCCO4)C(=O)N2)cc1. The second-order valence-corrected chi connectivity index (χ2v) is 7.67. The maximum absolute atomic E-state index is 12.3. The minimum Gasteiger partial charge on any atom is -0.486 e. The predicted molar refractivity (Wildman–Crippen MR) is 105 cm³/mol. The van der Waals surface area contributed by atoms with Gasteiger partial charge in [-0.25, -0.2) is 4.99 Å². The van der Waals surface area contributed by atoms with E-state index in [0.717, 1.165) is 16.9 Å². The second-order valence-electron chi connectivity index (χ2n) is 7.67. The molecule has 0 saturated heterocycles. The highest BCUT2D eigenvalue weighted by atomic mass is 16.6. The van der Waals surface area contributed by atoms with Crippen molar-refractivity contribution in [3.8, 4) is 11.5 Å². The van der Waals surface area contributed by atoms with Gasteiger partial charge < -0.3 is 14.8 Å². The summed E-state index contributed by atoms with van der Waals surface area (Å²) in [6.45, 7) is 7.60. The molecule has 0 saturated carbocycles. The Morgan fingerprint density at radius 2 is 1.70 bits per heavy atom. The predicted octanol–water partition coefficient (Wildman–Crippen LogP) is 3.67. The van der Waals surface area contributed by atoms with Gasteiger partial charge >= 0.3 is 0 Å². The smallest absolute Gasteiger partial charge is 0.275 e. The largest absolute Gasteiger partial charge is 0.486 e. The van der Waals surface area contributed by atoms with Crippen molar-refractivity contribution in [3.63, 3.8) is 0 Å². The number of amides is 1. The summed E-state index contributed by atoms with van der Waals surface area (Å²) < 4.78 is 11.1. The number of amidine groups is 1. The van der Waals surface area contributed by atoms with E-state index in [2.05, 4.69) is 43.2 Å². The van der Waals surface area contributed by atoms with Crippen molar-refractivity contribution < 1.29 is 14.3 Å². The molecule has 0 fully saturated rings. The zero-order chi connectivity index (χ0) is 19.0. The van der Waals surface area contributed by atoms with Crippen molar-refractivity contribution in [2.45, 2.75) is 26.2 Å². The van der Waals surface area contributed by atoms with Crippen molar-refractivity contribution in [3.05, 3.63) is 64.9 Å². The average Bonchev–Trinajstić information content (AvgIpc) is 3.01. The number of ether oxygens (including phenoxy) is 2. The molecule has 1 amide bonds. The van der Waals surface area contributed by atoms with Crippen LogP contribution in [-0.4, -0.2) is 25.0 Å². The molecule has 27 heavy (non-hydrogen) atoms. The Morgan fingerprint density at radius 3 is 2.41 bits per heavy atom. The number of rotatable bonds is 2. The number of fused-ring (bicyclic) bond motifs is 1.